The van der Waals surface area contributed by atoms with E-state index in [4.69, 9.17) is 16.9 Å². The molecule has 0 aliphatic heterocycles. The fourth-order valence-corrected chi connectivity index (χ4v) is 1.27. The molecule has 0 spiro atoms. The minimum atomic E-state index is -4.23. The lowest BCUT2D eigenvalue weighted by atomic mass is 10.3. The average Bonchev–Trinajstić information content (AvgIpc) is 2.01. The quantitative estimate of drug-likeness (QED) is 0.676. The third-order valence-corrected chi connectivity index (χ3v) is 1.74. The van der Waals surface area contributed by atoms with Crippen LogP contribution in [0, 0.1) is 11.3 Å². The van der Waals surface area contributed by atoms with E-state index in [2.05, 4.69) is 0 Å². The van der Waals surface area contributed by atoms with Crippen LogP contribution in [-0.2, 0) is 0 Å². The van der Waals surface area contributed by atoms with Gasteiger partial charge in [0.1, 0.15) is 5.38 Å². The van der Waals surface area contributed by atoms with Crippen molar-refractivity contribution >= 4 is 11.6 Å². The van der Waals surface area contributed by atoms with Crippen molar-refractivity contribution in [3.05, 3.63) is 0 Å². The van der Waals surface area contributed by atoms with Gasteiger partial charge in [-0.2, -0.15) is 18.4 Å². The second kappa shape index (κ2) is 6.10. The van der Waals surface area contributed by atoms with Gasteiger partial charge in [0.2, 0.25) is 0 Å². The number of nitriles is 1. The molecular formula is C8H12ClF3N2. The molecule has 14 heavy (non-hydrogen) atoms. The molecule has 0 aromatic heterocycles. The molecule has 6 heteroatoms. The van der Waals surface area contributed by atoms with E-state index in [0.29, 0.717) is 13.0 Å². The molecule has 0 aromatic rings. The minimum absolute atomic E-state index is 0.0502. The summed E-state index contributed by atoms with van der Waals surface area (Å²) in [6, 6.07) is 1.70. The Labute approximate surface area is 86.2 Å². The van der Waals surface area contributed by atoms with Crippen molar-refractivity contribution in [1.82, 2.24) is 4.90 Å². The second-order valence-corrected chi connectivity index (χ2v) is 3.47. The predicted molar refractivity (Wildman–Crippen MR) is 48.0 cm³/mol. The fourth-order valence-electron chi connectivity index (χ4n) is 1.07. The van der Waals surface area contributed by atoms with Crippen LogP contribution >= 0.6 is 11.6 Å². The topological polar surface area (TPSA) is 27.0 Å². The summed E-state index contributed by atoms with van der Waals surface area (Å²) in [6.07, 6.45) is -3.63. The van der Waals surface area contributed by atoms with E-state index in [-0.39, 0.29) is 6.54 Å². The van der Waals surface area contributed by atoms with Crippen molar-refractivity contribution in [3.63, 3.8) is 0 Å². The molecule has 82 valence electrons. The van der Waals surface area contributed by atoms with Crippen LogP contribution in [0.25, 0.3) is 0 Å². The smallest absolute Gasteiger partial charge is 0.292 e. The Kier molecular flexibility index (Phi) is 5.89. The Morgan fingerprint density at radius 1 is 1.50 bits per heavy atom. The first-order valence-corrected chi connectivity index (χ1v) is 4.65. The SMILES string of the molecule is CCCN(CC(Cl)C#N)CC(F)(F)F. The maximum atomic E-state index is 12.0. The van der Waals surface area contributed by atoms with Crippen LogP contribution in [0.4, 0.5) is 13.2 Å². The standard InChI is InChI=1S/C8H12ClF3N2/c1-2-3-14(5-7(9)4-13)6-8(10,11)12/h7H,2-3,5-6H2,1H3. The van der Waals surface area contributed by atoms with Gasteiger partial charge in [-0.05, 0) is 13.0 Å². The van der Waals surface area contributed by atoms with E-state index >= 15 is 0 Å². The van der Waals surface area contributed by atoms with Gasteiger partial charge in [0.25, 0.3) is 0 Å². The zero-order valence-corrected chi connectivity index (χ0v) is 8.57. The Morgan fingerprint density at radius 3 is 2.43 bits per heavy atom. The summed E-state index contributed by atoms with van der Waals surface area (Å²) in [5.41, 5.74) is 0. The molecular weight excluding hydrogens is 217 g/mol. The maximum Gasteiger partial charge on any atom is 0.401 e. The first kappa shape index (κ1) is 13.5. The molecule has 2 nitrogen and oxygen atoms in total. The third-order valence-electron chi connectivity index (χ3n) is 1.50. The first-order chi connectivity index (χ1) is 6.39. The van der Waals surface area contributed by atoms with Crippen molar-refractivity contribution in [2.45, 2.75) is 24.9 Å². The summed E-state index contributed by atoms with van der Waals surface area (Å²) in [7, 11) is 0. The van der Waals surface area contributed by atoms with Crippen molar-refractivity contribution in [2.24, 2.45) is 0 Å². The highest BCUT2D eigenvalue weighted by Crippen LogP contribution is 2.17. The summed E-state index contributed by atoms with van der Waals surface area (Å²) in [5, 5.41) is 7.48. The third kappa shape index (κ3) is 6.98. The fraction of sp³-hybridized carbons (Fsp3) is 0.875. The highest BCUT2D eigenvalue weighted by molar-refractivity contribution is 6.22. The second-order valence-electron chi connectivity index (χ2n) is 2.95. The van der Waals surface area contributed by atoms with Crippen LogP contribution in [0.1, 0.15) is 13.3 Å². The highest BCUT2D eigenvalue weighted by Gasteiger charge is 2.30. The van der Waals surface area contributed by atoms with E-state index in [9.17, 15) is 13.2 Å². The maximum absolute atomic E-state index is 12.0. The van der Waals surface area contributed by atoms with Gasteiger partial charge in [-0.3, -0.25) is 4.90 Å². The molecule has 0 heterocycles. The van der Waals surface area contributed by atoms with Gasteiger partial charge in [0, 0.05) is 6.54 Å². The van der Waals surface area contributed by atoms with Crippen LogP contribution < -0.4 is 0 Å². The largest absolute Gasteiger partial charge is 0.401 e. The van der Waals surface area contributed by atoms with E-state index < -0.39 is 18.1 Å². The lowest BCUT2D eigenvalue weighted by molar-refractivity contribution is -0.145. The van der Waals surface area contributed by atoms with E-state index in [1.807, 2.05) is 0 Å². The number of hydrogen-bond acceptors (Lipinski definition) is 2. The molecule has 0 radical (unpaired) electrons. The van der Waals surface area contributed by atoms with Crippen molar-refractivity contribution in [1.29, 1.82) is 5.26 Å². The zero-order chi connectivity index (χ0) is 11.2. The normalized spacial score (nSPS) is 14.1. The van der Waals surface area contributed by atoms with Crippen molar-refractivity contribution in [2.75, 3.05) is 19.6 Å². The van der Waals surface area contributed by atoms with Gasteiger partial charge in [-0.1, -0.05) is 6.92 Å². The molecule has 1 unspecified atom stereocenters. The monoisotopic (exact) mass is 228 g/mol. The number of hydrogen-bond donors (Lipinski definition) is 0. The van der Waals surface area contributed by atoms with E-state index in [1.165, 1.54) is 0 Å². The summed E-state index contributed by atoms with van der Waals surface area (Å²) >= 11 is 5.45. The first-order valence-electron chi connectivity index (χ1n) is 4.22. The lowest BCUT2D eigenvalue weighted by Crippen LogP contribution is -2.38. The summed E-state index contributed by atoms with van der Waals surface area (Å²) in [6.45, 7) is 1.01. The van der Waals surface area contributed by atoms with Crippen LogP contribution in [0.3, 0.4) is 0 Å². The molecule has 0 bridgehead atoms. The summed E-state index contributed by atoms with van der Waals surface area (Å²) in [4.78, 5) is 1.14. The van der Waals surface area contributed by atoms with Gasteiger partial charge in [0.05, 0.1) is 12.6 Å². The minimum Gasteiger partial charge on any atom is -0.292 e. The van der Waals surface area contributed by atoms with Crippen molar-refractivity contribution < 1.29 is 13.2 Å². The number of nitrogens with zero attached hydrogens (tertiary/aromatic N) is 2. The van der Waals surface area contributed by atoms with Crippen molar-refractivity contribution in [3.8, 4) is 6.07 Å². The zero-order valence-electron chi connectivity index (χ0n) is 7.81. The van der Waals surface area contributed by atoms with Gasteiger partial charge in [-0.15, -0.1) is 11.6 Å². The lowest BCUT2D eigenvalue weighted by Gasteiger charge is -2.23. The average molecular weight is 229 g/mol. The Hall–Kier alpha value is -0.470. The molecule has 0 saturated carbocycles. The van der Waals surface area contributed by atoms with Gasteiger partial charge < -0.3 is 0 Å². The summed E-state index contributed by atoms with van der Waals surface area (Å²) in [5.74, 6) is 0. The van der Waals surface area contributed by atoms with Gasteiger partial charge in [-0.25, -0.2) is 0 Å². The van der Waals surface area contributed by atoms with Gasteiger partial charge >= 0.3 is 6.18 Å². The molecule has 0 fully saturated rings. The Morgan fingerprint density at radius 2 is 2.07 bits per heavy atom. The van der Waals surface area contributed by atoms with E-state index in [0.717, 1.165) is 4.90 Å². The molecule has 0 saturated heterocycles. The number of halogens is 4. The molecule has 0 aromatic carbocycles. The Balaban J connectivity index is 4.10. The highest BCUT2D eigenvalue weighted by atomic mass is 35.5. The summed E-state index contributed by atoms with van der Waals surface area (Å²) < 4.78 is 36.0. The Bertz CT molecular complexity index is 200. The molecule has 0 aliphatic carbocycles. The van der Waals surface area contributed by atoms with Gasteiger partial charge in [0.15, 0.2) is 0 Å². The van der Waals surface area contributed by atoms with Crippen LogP contribution in [-0.4, -0.2) is 36.1 Å². The molecule has 0 N–H and O–H groups in total. The number of rotatable bonds is 5. The molecule has 0 amide bonds. The number of alkyl halides is 4. The van der Waals surface area contributed by atoms with Crippen LogP contribution in [0.15, 0.2) is 0 Å². The van der Waals surface area contributed by atoms with Crippen LogP contribution in [0.5, 0.6) is 0 Å². The van der Waals surface area contributed by atoms with E-state index in [1.54, 1.807) is 13.0 Å². The molecule has 1 atom stereocenters. The van der Waals surface area contributed by atoms with Crippen LogP contribution in [0.2, 0.25) is 0 Å². The molecule has 0 rings (SSSR count). The molecule has 0 aliphatic rings. The predicted octanol–water partition coefficient (Wildman–Crippen LogP) is 2.39.